The molecule has 0 spiro atoms. The van der Waals surface area contributed by atoms with Crippen molar-refractivity contribution in [3.8, 4) is 0 Å². The summed E-state index contributed by atoms with van der Waals surface area (Å²) in [4.78, 5) is 10.9. The van der Waals surface area contributed by atoms with Gasteiger partial charge in [-0.25, -0.2) is 9.48 Å². The van der Waals surface area contributed by atoms with Gasteiger partial charge < -0.3 is 14.6 Å². The van der Waals surface area contributed by atoms with Crippen molar-refractivity contribution >= 4 is 17.0 Å². The van der Waals surface area contributed by atoms with Gasteiger partial charge in [0.15, 0.2) is 0 Å². The Labute approximate surface area is 109 Å². The van der Waals surface area contributed by atoms with E-state index in [0.717, 1.165) is 0 Å². The fourth-order valence-electron chi connectivity index (χ4n) is 1.66. The van der Waals surface area contributed by atoms with Gasteiger partial charge in [-0.3, -0.25) is 0 Å². The minimum absolute atomic E-state index is 0.219. The fraction of sp³-hybridized carbons (Fsp3) is 0.417. The van der Waals surface area contributed by atoms with Crippen LogP contribution in [0.25, 0.3) is 11.0 Å². The molecule has 0 bridgehead atoms. The molecule has 19 heavy (non-hydrogen) atoms. The van der Waals surface area contributed by atoms with Crippen LogP contribution >= 0.6 is 0 Å². The Balaban J connectivity index is 2.06. The lowest BCUT2D eigenvalue weighted by Gasteiger charge is -2.04. The first kappa shape index (κ1) is 13.4. The van der Waals surface area contributed by atoms with Gasteiger partial charge in [-0.2, -0.15) is 0 Å². The second-order valence-corrected chi connectivity index (χ2v) is 3.93. The SMILES string of the molecule is COCCOCCn1nnc2ccc(C(=O)O)cc21. The lowest BCUT2D eigenvalue weighted by Crippen LogP contribution is -2.10. The summed E-state index contributed by atoms with van der Waals surface area (Å²) in [5.41, 5.74) is 1.58. The van der Waals surface area contributed by atoms with Crippen molar-refractivity contribution in [1.29, 1.82) is 0 Å². The maximum atomic E-state index is 10.9. The van der Waals surface area contributed by atoms with Gasteiger partial charge in [0.25, 0.3) is 0 Å². The Morgan fingerprint density at radius 2 is 2.21 bits per heavy atom. The topological polar surface area (TPSA) is 86.5 Å². The highest BCUT2D eigenvalue weighted by Gasteiger charge is 2.08. The van der Waals surface area contributed by atoms with Crippen molar-refractivity contribution in [2.45, 2.75) is 6.54 Å². The van der Waals surface area contributed by atoms with Gasteiger partial charge >= 0.3 is 5.97 Å². The highest BCUT2D eigenvalue weighted by atomic mass is 16.5. The number of ether oxygens (including phenoxy) is 2. The number of carboxylic acids is 1. The van der Waals surface area contributed by atoms with Crippen LogP contribution in [-0.4, -0.2) is 53.0 Å². The third-order valence-corrected chi connectivity index (χ3v) is 2.64. The molecule has 102 valence electrons. The number of carbonyl (C=O) groups is 1. The van der Waals surface area contributed by atoms with E-state index in [2.05, 4.69) is 10.3 Å². The zero-order chi connectivity index (χ0) is 13.7. The van der Waals surface area contributed by atoms with E-state index in [4.69, 9.17) is 14.6 Å². The minimum atomic E-state index is -0.967. The molecule has 7 nitrogen and oxygen atoms in total. The van der Waals surface area contributed by atoms with E-state index in [1.807, 2.05) is 0 Å². The van der Waals surface area contributed by atoms with Crippen LogP contribution < -0.4 is 0 Å². The molecule has 2 rings (SSSR count). The summed E-state index contributed by atoms with van der Waals surface area (Å²) < 4.78 is 11.8. The molecule has 0 aliphatic heterocycles. The van der Waals surface area contributed by atoms with Crippen molar-refractivity contribution in [3.63, 3.8) is 0 Å². The summed E-state index contributed by atoms with van der Waals surface area (Å²) in [6.07, 6.45) is 0. The van der Waals surface area contributed by atoms with Gasteiger partial charge in [0.2, 0.25) is 0 Å². The quantitative estimate of drug-likeness (QED) is 0.745. The summed E-state index contributed by atoms with van der Waals surface area (Å²) in [6.45, 7) is 2.05. The van der Waals surface area contributed by atoms with E-state index in [1.165, 1.54) is 6.07 Å². The smallest absolute Gasteiger partial charge is 0.335 e. The molecule has 1 N–H and O–H groups in total. The summed E-state index contributed by atoms with van der Waals surface area (Å²) in [7, 11) is 1.61. The second-order valence-electron chi connectivity index (χ2n) is 3.93. The molecule has 1 aromatic heterocycles. The molecule has 7 heteroatoms. The van der Waals surface area contributed by atoms with Crippen molar-refractivity contribution in [3.05, 3.63) is 23.8 Å². The van der Waals surface area contributed by atoms with Crippen LogP contribution in [0.3, 0.4) is 0 Å². The third kappa shape index (κ3) is 3.27. The summed E-state index contributed by atoms with van der Waals surface area (Å²) >= 11 is 0. The number of methoxy groups -OCH3 is 1. The van der Waals surface area contributed by atoms with Gasteiger partial charge in [0.05, 0.1) is 37.4 Å². The van der Waals surface area contributed by atoms with Crippen LogP contribution in [0, 0.1) is 0 Å². The first-order chi connectivity index (χ1) is 9.22. The molecule has 0 aliphatic rings. The van der Waals surface area contributed by atoms with Gasteiger partial charge in [0.1, 0.15) is 5.52 Å². The maximum Gasteiger partial charge on any atom is 0.335 e. The molecule has 1 heterocycles. The van der Waals surface area contributed by atoms with E-state index in [9.17, 15) is 4.79 Å². The van der Waals surface area contributed by atoms with Crippen LogP contribution in [0.5, 0.6) is 0 Å². The predicted octanol–water partition coefficient (Wildman–Crippen LogP) is 0.792. The van der Waals surface area contributed by atoms with Crippen molar-refractivity contribution in [1.82, 2.24) is 15.0 Å². The number of aromatic nitrogens is 3. The number of carboxylic acid groups (broad SMARTS) is 1. The van der Waals surface area contributed by atoms with Crippen LogP contribution in [0.2, 0.25) is 0 Å². The number of nitrogens with zero attached hydrogens (tertiary/aromatic N) is 3. The molecular formula is C12H15N3O4. The number of benzene rings is 1. The maximum absolute atomic E-state index is 10.9. The molecular weight excluding hydrogens is 250 g/mol. The number of aromatic carboxylic acids is 1. The number of hydrogen-bond donors (Lipinski definition) is 1. The largest absolute Gasteiger partial charge is 0.478 e. The molecule has 0 aliphatic carbocycles. The molecule has 0 fully saturated rings. The predicted molar refractivity (Wildman–Crippen MR) is 67.2 cm³/mol. The zero-order valence-corrected chi connectivity index (χ0v) is 10.6. The fourth-order valence-corrected chi connectivity index (χ4v) is 1.66. The Bertz CT molecular complexity index is 567. The highest BCUT2D eigenvalue weighted by Crippen LogP contribution is 2.13. The molecule has 0 unspecified atom stereocenters. The van der Waals surface area contributed by atoms with Crippen LogP contribution in [0.4, 0.5) is 0 Å². The molecule has 2 aromatic rings. The monoisotopic (exact) mass is 265 g/mol. The van der Waals surface area contributed by atoms with Crippen molar-refractivity contribution in [2.24, 2.45) is 0 Å². The summed E-state index contributed by atoms with van der Waals surface area (Å²) in [5.74, 6) is -0.967. The first-order valence-corrected chi connectivity index (χ1v) is 5.85. The van der Waals surface area contributed by atoms with Gasteiger partial charge in [-0.15, -0.1) is 5.10 Å². The van der Waals surface area contributed by atoms with Crippen LogP contribution in [0.15, 0.2) is 18.2 Å². The molecule has 0 saturated heterocycles. The highest BCUT2D eigenvalue weighted by molar-refractivity contribution is 5.92. The standard InChI is InChI=1S/C12H15N3O4/c1-18-6-7-19-5-4-15-11-8-9(12(16)17)2-3-10(11)13-14-15/h2-3,8H,4-7H2,1H3,(H,16,17). The van der Waals surface area contributed by atoms with E-state index < -0.39 is 5.97 Å². The number of hydrogen-bond acceptors (Lipinski definition) is 5. The molecule has 0 atom stereocenters. The molecule has 0 amide bonds. The third-order valence-electron chi connectivity index (χ3n) is 2.64. The Kier molecular flexibility index (Phi) is 4.43. The average Bonchev–Trinajstić information content (AvgIpc) is 2.81. The Hall–Kier alpha value is -1.99. The van der Waals surface area contributed by atoms with Gasteiger partial charge in [-0.1, -0.05) is 5.21 Å². The second kappa shape index (κ2) is 6.26. The number of fused-ring (bicyclic) bond motifs is 1. The van der Waals surface area contributed by atoms with Crippen LogP contribution in [0.1, 0.15) is 10.4 Å². The summed E-state index contributed by atoms with van der Waals surface area (Å²) in [5, 5.41) is 16.9. The summed E-state index contributed by atoms with van der Waals surface area (Å²) in [6, 6.07) is 4.72. The lowest BCUT2D eigenvalue weighted by atomic mass is 10.2. The molecule has 0 radical (unpaired) electrons. The van der Waals surface area contributed by atoms with Crippen molar-refractivity contribution < 1.29 is 19.4 Å². The molecule has 1 aromatic carbocycles. The van der Waals surface area contributed by atoms with E-state index in [1.54, 1.807) is 23.9 Å². The number of rotatable bonds is 7. The Morgan fingerprint density at radius 1 is 1.37 bits per heavy atom. The minimum Gasteiger partial charge on any atom is -0.478 e. The van der Waals surface area contributed by atoms with Gasteiger partial charge in [-0.05, 0) is 18.2 Å². The lowest BCUT2D eigenvalue weighted by molar-refractivity contribution is 0.0656. The first-order valence-electron chi connectivity index (χ1n) is 5.85. The van der Waals surface area contributed by atoms with E-state index >= 15 is 0 Å². The van der Waals surface area contributed by atoms with Crippen molar-refractivity contribution in [2.75, 3.05) is 26.9 Å². The van der Waals surface area contributed by atoms with E-state index in [-0.39, 0.29) is 5.56 Å². The Morgan fingerprint density at radius 3 is 2.95 bits per heavy atom. The average molecular weight is 265 g/mol. The van der Waals surface area contributed by atoms with Crippen LogP contribution in [-0.2, 0) is 16.0 Å². The zero-order valence-electron chi connectivity index (χ0n) is 10.6. The van der Waals surface area contributed by atoms with E-state index in [0.29, 0.717) is 37.4 Å². The van der Waals surface area contributed by atoms with Gasteiger partial charge in [0, 0.05) is 7.11 Å². The normalized spacial score (nSPS) is 11.0. The molecule has 0 saturated carbocycles.